The van der Waals surface area contributed by atoms with Crippen molar-refractivity contribution in [3.05, 3.63) is 35.9 Å². The number of hydrogen-bond acceptors (Lipinski definition) is 18. The number of rotatable bonds is 23. The summed E-state index contributed by atoms with van der Waals surface area (Å²) in [5, 5.41) is 57.3. The minimum Gasteiger partial charge on any atom is -0.465 e. The molecule has 78 heavy (non-hydrogen) atoms. The molecule has 1 aliphatic rings. The zero-order valence-corrected chi connectivity index (χ0v) is 44.5. The van der Waals surface area contributed by atoms with Gasteiger partial charge in [0.2, 0.25) is 59.1 Å². The van der Waals surface area contributed by atoms with Crippen molar-refractivity contribution in [3.63, 3.8) is 0 Å². The maximum Gasteiger partial charge on any atom is 0.405 e. The van der Waals surface area contributed by atoms with E-state index in [0.717, 1.165) is 6.92 Å². The molecule has 0 unspecified atom stereocenters. The maximum atomic E-state index is 14.4. The Morgan fingerprint density at radius 2 is 1.03 bits per heavy atom. The number of carbonyl (C=O) groups excluding carboxylic acids is 10. The molecule has 0 spiro atoms. The summed E-state index contributed by atoms with van der Waals surface area (Å²) in [6, 6.07) is -6.73. The molecule has 0 saturated carbocycles. The number of aliphatic hydroxyl groups is 2. The predicted octanol–water partition coefficient (Wildman–Crippen LogP) is -7.70. The van der Waals surface area contributed by atoms with Gasteiger partial charge in [0, 0.05) is 13.0 Å². The van der Waals surface area contributed by atoms with Gasteiger partial charge in [0.05, 0.1) is 12.2 Å². The second-order valence-corrected chi connectivity index (χ2v) is 19.2. The first-order chi connectivity index (χ1) is 36.9. The topological polar surface area (TPSA) is 511 Å². The molecule has 0 aliphatic carbocycles. The number of amides is 11. The Bertz CT molecular complexity index is 2170. The molecule has 0 radical (unpaired) electrons. The van der Waals surface area contributed by atoms with E-state index >= 15 is 0 Å². The monoisotopic (exact) mass is 1110 g/mol. The van der Waals surface area contributed by atoms with Crippen LogP contribution in [0.4, 0.5) is 4.79 Å². The third kappa shape index (κ3) is 22.9. The van der Waals surface area contributed by atoms with Gasteiger partial charge >= 0.3 is 6.09 Å². The third-order valence-electron chi connectivity index (χ3n) is 12.2. The number of aliphatic hydroxyl groups excluding tert-OH is 2. The van der Waals surface area contributed by atoms with Crippen LogP contribution in [-0.4, -0.2) is 192 Å². The van der Waals surface area contributed by atoms with Gasteiger partial charge in [-0.05, 0) is 103 Å². The highest BCUT2D eigenvalue weighted by molar-refractivity contribution is 5.99. The fraction of sp³-hybridized carbons (Fsp3) is 0.646. The average molecular weight is 1110 g/mol. The highest BCUT2D eigenvalue weighted by Gasteiger charge is 2.37. The molecule has 1 fully saturated rings. The van der Waals surface area contributed by atoms with E-state index in [1.807, 2.05) is 5.32 Å². The molecule has 1 aliphatic heterocycles. The molecule has 12 atom stereocenters. The van der Waals surface area contributed by atoms with Crippen molar-refractivity contribution >= 4 is 65.2 Å². The zero-order chi connectivity index (χ0) is 58.6. The first kappa shape index (κ1) is 67.0. The first-order valence-electron chi connectivity index (χ1n) is 25.8. The largest absolute Gasteiger partial charge is 0.465 e. The van der Waals surface area contributed by atoms with E-state index in [1.54, 1.807) is 44.2 Å². The summed E-state index contributed by atoms with van der Waals surface area (Å²) in [5.41, 5.74) is 29.5. The van der Waals surface area contributed by atoms with Crippen molar-refractivity contribution in [1.82, 2.24) is 58.5 Å². The Labute approximate surface area is 452 Å². The smallest absolute Gasteiger partial charge is 0.405 e. The average Bonchev–Trinajstić information content (AvgIpc) is 3.37. The Balaban J connectivity index is 2.74. The van der Waals surface area contributed by atoms with Crippen LogP contribution in [-0.2, 0) is 54.4 Å². The lowest BCUT2D eigenvalue weighted by atomic mass is 10.00. The summed E-state index contributed by atoms with van der Waals surface area (Å²) < 4.78 is 0. The van der Waals surface area contributed by atoms with Crippen LogP contribution in [0.1, 0.15) is 78.2 Å². The Morgan fingerprint density at radius 3 is 1.50 bits per heavy atom. The summed E-state index contributed by atoms with van der Waals surface area (Å²) >= 11 is 0. The lowest BCUT2D eigenvalue weighted by Gasteiger charge is -2.29. The fourth-order valence-corrected chi connectivity index (χ4v) is 8.02. The van der Waals surface area contributed by atoms with E-state index in [2.05, 4.69) is 53.2 Å². The fourth-order valence-electron chi connectivity index (χ4n) is 8.02. The van der Waals surface area contributed by atoms with Crippen LogP contribution >= 0.6 is 0 Å². The second kappa shape index (κ2) is 34.6. The minimum absolute atomic E-state index is 0.0377. The highest BCUT2D eigenvalue weighted by atomic mass is 16.4. The van der Waals surface area contributed by atoms with Crippen LogP contribution in [0, 0.1) is 5.92 Å². The van der Waals surface area contributed by atoms with Crippen LogP contribution in [0.5, 0.6) is 0 Å². The molecule has 1 saturated heterocycles. The molecule has 11 amide bonds. The van der Waals surface area contributed by atoms with Crippen molar-refractivity contribution in [3.8, 4) is 0 Å². The molecule has 438 valence electrons. The normalized spacial score (nSPS) is 23.4. The number of nitrogens with two attached hydrogens (primary N) is 5. The van der Waals surface area contributed by atoms with Crippen molar-refractivity contribution in [2.75, 3.05) is 39.3 Å². The number of nitrogens with one attached hydrogen (secondary N) is 11. The molecular formula is C48H82N16O14. The molecular weight excluding hydrogens is 1020 g/mol. The van der Waals surface area contributed by atoms with Gasteiger partial charge < -0.3 is 102 Å². The number of carboxylic acid groups (broad SMARTS) is 1. The van der Waals surface area contributed by atoms with Crippen LogP contribution < -0.4 is 87.2 Å². The molecule has 30 nitrogen and oxygen atoms in total. The van der Waals surface area contributed by atoms with Crippen LogP contribution in [0.25, 0.3) is 0 Å². The standard InChI is InChI=1S/C48H82N16O14/c1-24(2)22-34-44(73)57-28(10-16-49)38(67)56-31(13-19-52)42(71)63-36(25(3)65)46(75)54-21-15-33(41(70)55-29(11-17-50)40(69)61-35(45(74)60-34)23-27-8-6-5-7-9-27)58-39(68)30(12-18-51)59-47(76)37(26(4)66)64-43(72)32(14-20-53)62-48(77)78/h5-9,24-26,28-37,62,65-66H,10-23,49-53H2,1-4H3,(H,54,75)(H,55,70)(H,56,67)(H,57,73)(H,58,68)(H,59,76)(H,60,74)(H,61,69)(H,63,71)(H,64,72)(H,77,78)/t25-,26-,28+,29+,30+,31+,32+,33+,34+,35-,36+,37+/m1/s1. The number of carbonyl (C=O) groups is 11. The summed E-state index contributed by atoms with van der Waals surface area (Å²) in [6.07, 6.45) is -6.41. The molecule has 1 aromatic rings. The van der Waals surface area contributed by atoms with Gasteiger partial charge in [-0.25, -0.2) is 4.79 Å². The SMILES string of the molecule is CC(C)C[C@@H]1NC(=O)[C@@H](Cc2ccccc2)NC(=O)[C@H](CCN)NC(=O)[C@@H](NC(=O)[C@H](CCN)NC(=O)[C@@H](NC(=O)[C@H](CCN)NC(=O)O)[C@@H](C)O)CCNC(=O)[C@H]([C@@H](C)O)NC(=O)[C@H](CCN)NC(=O)[C@H](CCN)NC1=O. The molecule has 1 heterocycles. The number of hydrogen-bond donors (Lipinski definition) is 19. The highest BCUT2D eigenvalue weighted by Crippen LogP contribution is 2.11. The van der Waals surface area contributed by atoms with Crippen LogP contribution in [0.3, 0.4) is 0 Å². The van der Waals surface area contributed by atoms with E-state index in [4.69, 9.17) is 28.7 Å². The van der Waals surface area contributed by atoms with Gasteiger partial charge in [-0.15, -0.1) is 0 Å². The van der Waals surface area contributed by atoms with Gasteiger partial charge in [0.15, 0.2) is 0 Å². The van der Waals surface area contributed by atoms with Crippen molar-refractivity contribution in [2.24, 2.45) is 34.6 Å². The summed E-state index contributed by atoms with van der Waals surface area (Å²) in [4.78, 5) is 151. The zero-order valence-electron chi connectivity index (χ0n) is 44.5. The molecule has 30 heteroatoms. The van der Waals surface area contributed by atoms with Gasteiger partial charge in [0.1, 0.15) is 60.4 Å². The second-order valence-electron chi connectivity index (χ2n) is 19.2. The number of benzene rings is 1. The van der Waals surface area contributed by atoms with E-state index in [9.17, 15) is 68.1 Å². The third-order valence-corrected chi connectivity index (χ3v) is 12.2. The summed E-state index contributed by atoms with van der Waals surface area (Å²) in [6.45, 7) is 4.51. The predicted molar refractivity (Wildman–Crippen MR) is 281 cm³/mol. The van der Waals surface area contributed by atoms with E-state index in [-0.39, 0.29) is 83.6 Å². The first-order valence-corrected chi connectivity index (χ1v) is 25.8. The summed E-state index contributed by atoms with van der Waals surface area (Å²) in [7, 11) is 0. The Kier molecular flexibility index (Phi) is 29.8. The minimum atomic E-state index is -1.78. The van der Waals surface area contributed by atoms with Crippen LogP contribution in [0.2, 0.25) is 0 Å². The molecule has 2 rings (SSSR count). The molecule has 1 aromatic carbocycles. The molecule has 24 N–H and O–H groups in total. The summed E-state index contributed by atoms with van der Waals surface area (Å²) in [5.74, 6) is -9.94. The van der Waals surface area contributed by atoms with Crippen LogP contribution in [0.15, 0.2) is 30.3 Å². The van der Waals surface area contributed by atoms with E-state index < -0.39 is 151 Å². The van der Waals surface area contributed by atoms with Crippen molar-refractivity contribution in [2.45, 2.75) is 152 Å². The van der Waals surface area contributed by atoms with E-state index in [1.165, 1.54) is 6.92 Å². The van der Waals surface area contributed by atoms with Crippen molar-refractivity contribution in [1.29, 1.82) is 0 Å². The van der Waals surface area contributed by atoms with Crippen molar-refractivity contribution < 1.29 is 68.1 Å². The lowest BCUT2D eigenvalue weighted by Crippen LogP contribution is -2.62. The molecule has 0 bridgehead atoms. The van der Waals surface area contributed by atoms with Gasteiger partial charge in [-0.3, -0.25) is 47.9 Å². The van der Waals surface area contributed by atoms with Gasteiger partial charge in [-0.1, -0.05) is 44.2 Å². The quantitative estimate of drug-likeness (QED) is 0.0484. The Hall–Kier alpha value is -7.09. The lowest BCUT2D eigenvalue weighted by molar-refractivity contribution is -0.136. The van der Waals surface area contributed by atoms with Gasteiger partial charge in [-0.2, -0.15) is 0 Å². The Morgan fingerprint density at radius 1 is 0.564 bits per heavy atom. The van der Waals surface area contributed by atoms with E-state index in [0.29, 0.717) is 5.56 Å². The molecule has 0 aromatic heterocycles. The van der Waals surface area contributed by atoms with Gasteiger partial charge in [0.25, 0.3) is 0 Å². The maximum absolute atomic E-state index is 14.4.